The van der Waals surface area contributed by atoms with E-state index in [1.807, 2.05) is 0 Å². The van der Waals surface area contributed by atoms with Gasteiger partial charge in [0, 0.05) is 7.05 Å². The Bertz CT molecular complexity index is 453. The van der Waals surface area contributed by atoms with Crippen LogP contribution >= 0.6 is 0 Å². The number of ether oxygens (including phenoxy) is 1. The van der Waals surface area contributed by atoms with Gasteiger partial charge in [0.1, 0.15) is 6.10 Å². The zero-order valence-corrected chi connectivity index (χ0v) is 12.7. The molecule has 1 aromatic heterocycles. The number of halogens is 1. The van der Waals surface area contributed by atoms with Gasteiger partial charge in [-0.1, -0.05) is 27.2 Å². The predicted octanol–water partition coefficient (Wildman–Crippen LogP) is 3.50. The van der Waals surface area contributed by atoms with Crippen LogP contribution in [0.3, 0.4) is 0 Å². The van der Waals surface area contributed by atoms with Crippen LogP contribution in [0.2, 0.25) is 0 Å². The van der Waals surface area contributed by atoms with Crippen LogP contribution in [0.25, 0.3) is 0 Å². The highest BCUT2D eigenvalue weighted by atomic mass is 19.1. The Labute approximate surface area is 120 Å². The van der Waals surface area contributed by atoms with E-state index in [2.05, 4.69) is 36.1 Å². The molecule has 0 spiro atoms. The lowest BCUT2D eigenvalue weighted by Crippen LogP contribution is -2.36. The minimum Gasteiger partial charge on any atom is -0.472 e. The van der Waals surface area contributed by atoms with Crippen LogP contribution in [0.15, 0.2) is 6.20 Å². The zero-order chi connectivity index (χ0) is 14.7. The van der Waals surface area contributed by atoms with Crippen molar-refractivity contribution >= 4 is 5.95 Å². The van der Waals surface area contributed by atoms with Crippen molar-refractivity contribution in [2.45, 2.75) is 46.1 Å². The van der Waals surface area contributed by atoms with Crippen molar-refractivity contribution in [3.05, 3.63) is 12.0 Å². The molecule has 1 aliphatic carbocycles. The maximum absolute atomic E-state index is 13.8. The first-order valence-electron chi connectivity index (χ1n) is 7.38. The molecular formula is C15H24FN3O. The van der Waals surface area contributed by atoms with Gasteiger partial charge in [-0.25, -0.2) is 4.98 Å². The standard InChI is InChI=1S/C15H24FN3O/c1-9(2)11-6-5-10(3)7-13(11)20-14-12(16)8-18-15(17-4)19-14/h8-11,13H,5-7H2,1-4H3,(H,17,18,19). The van der Waals surface area contributed by atoms with E-state index in [-0.39, 0.29) is 12.0 Å². The van der Waals surface area contributed by atoms with E-state index in [9.17, 15) is 4.39 Å². The van der Waals surface area contributed by atoms with Crippen molar-refractivity contribution in [3.63, 3.8) is 0 Å². The van der Waals surface area contributed by atoms with Crippen molar-refractivity contribution in [2.24, 2.45) is 17.8 Å². The van der Waals surface area contributed by atoms with Crippen LogP contribution in [-0.4, -0.2) is 23.1 Å². The van der Waals surface area contributed by atoms with Crippen molar-refractivity contribution in [2.75, 3.05) is 12.4 Å². The fraction of sp³-hybridized carbons (Fsp3) is 0.733. The highest BCUT2D eigenvalue weighted by Crippen LogP contribution is 2.36. The number of aromatic nitrogens is 2. The maximum Gasteiger partial charge on any atom is 0.255 e. The quantitative estimate of drug-likeness (QED) is 0.917. The summed E-state index contributed by atoms with van der Waals surface area (Å²) >= 11 is 0. The van der Waals surface area contributed by atoms with Crippen LogP contribution in [0.1, 0.15) is 40.0 Å². The van der Waals surface area contributed by atoms with Gasteiger partial charge < -0.3 is 10.1 Å². The molecule has 112 valence electrons. The molecule has 0 aromatic carbocycles. The normalized spacial score (nSPS) is 26.6. The van der Waals surface area contributed by atoms with E-state index < -0.39 is 5.82 Å². The van der Waals surface area contributed by atoms with Gasteiger partial charge in [-0.15, -0.1) is 0 Å². The van der Waals surface area contributed by atoms with Gasteiger partial charge >= 0.3 is 0 Å². The van der Waals surface area contributed by atoms with E-state index in [4.69, 9.17) is 4.74 Å². The summed E-state index contributed by atoms with van der Waals surface area (Å²) in [6.07, 6.45) is 4.51. The molecule has 2 rings (SSSR count). The summed E-state index contributed by atoms with van der Waals surface area (Å²) in [5.41, 5.74) is 0. The van der Waals surface area contributed by atoms with Crippen LogP contribution in [0.5, 0.6) is 5.88 Å². The smallest absolute Gasteiger partial charge is 0.255 e. The Morgan fingerprint density at radius 1 is 1.40 bits per heavy atom. The molecule has 1 aliphatic rings. The van der Waals surface area contributed by atoms with E-state index in [1.54, 1.807) is 7.05 Å². The lowest BCUT2D eigenvalue weighted by molar-refractivity contribution is 0.0394. The number of anilines is 1. The lowest BCUT2D eigenvalue weighted by Gasteiger charge is -2.37. The largest absolute Gasteiger partial charge is 0.472 e. The Kier molecular flexibility index (Phi) is 4.78. The third kappa shape index (κ3) is 3.38. The third-order valence-electron chi connectivity index (χ3n) is 4.16. The molecule has 4 nitrogen and oxygen atoms in total. The minimum atomic E-state index is -0.496. The SMILES string of the molecule is CNc1ncc(F)c(OC2CC(C)CCC2C(C)C)n1. The van der Waals surface area contributed by atoms with Gasteiger partial charge in [-0.05, 0) is 30.6 Å². The fourth-order valence-corrected chi connectivity index (χ4v) is 2.95. The van der Waals surface area contributed by atoms with Crippen LogP contribution < -0.4 is 10.1 Å². The molecule has 1 heterocycles. The molecule has 0 saturated heterocycles. The Balaban J connectivity index is 2.17. The van der Waals surface area contributed by atoms with Crippen LogP contribution in [-0.2, 0) is 0 Å². The molecule has 0 amide bonds. The number of hydrogen-bond donors (Lipinski definition) is 1. The number of hydrogen-bond acceptors (Lipinski definition) is 4. The van der Waals surface area contributed by atoms with E-state index in [0.29, 0.717) is 23.7 Å². The van der Waals surface area contributed by atoms with Crippen LogP contribution in [0, 0.1) is 23.6 Å². The number of rotatable bonds is 4. The number of nitrogens with zero attached hydrogens (tertiary/aromatic N) is 2. The summed E-state index contributed by atoms with van der Waals surface area (Å²) in [4.78, 5) is 7.93. The molecule has 0 radical (unpaired) electrons. The summed E-state index contributed by atoms with van der Waals surface area (Å²) in [6.45, 7) is 6.63. The molecule has 1 saturated carbocycles. The second-order valence-corrected chi connectivity index (χ2v) is 6.08. The number of nitrogens with one attached hydrogen (secondary N) is 1. The van der Waals surface area contributed by atoms with Crippen molar-refractivity contribution < 1.29 is 9.13 Å². The first-order chi connectivity index (χ1) is 9.51. The highest BCUT2D eigenvalue weighted by Gasteiger charge is 2.33. The average Bonchev–Trinajstić information content (AvgIpc) is 2.41. The predicted molar refractivity (Wildman–Crippen MR) is 77.3 cm³/mol. The molecule has 0 bridgehead atoms. The third-order valence-corrected chi connectivity index (χ3v) is 4.16. The zero-order valence-electron chi connectivity index (χ0n) is 12.7. The van der Waals surface area contributed by atoms with Crippen molar-refractivity contribution in [1.29, 1.82) is 0 Å². The second-order valence-electron chi connectivity index (χ2n) is 6.08. The van der Waals surface area contributed by atoms with Gasteiger partial charge in [0.15, 0.2) is 0 Å². The Morgan fingerprint density at radius 3 is 2.80 bits per heavy atom. The first kappa shape index (κ1) is 15.0. The monoisotopic (exact) mass is 281 g/mol. The highest BCUT2D eigenvalue weighted by molar-refractivity contribution is 5.27. The van der Waals surface area contributed by atoms with Gasteiger partial charge in [0.2, 0.25) is 11.8 Å². The second kappa shape index (κ2) is 6.37. The topological polar surface area (TPSA) is 47.0 Å². The van der Waals surface area contributed by atoms with Crippen molar-refractivity contribution in [1.82, 2.24) is 9.97 Å². The molecule has 1 fully saturated rings. The maximum atomic E-state index is 13.8. The van der Waals surface area contributed by atoms with Gasteiger partial charge in [0.05, 0.1) is 6.20 Å². The molecule has 3 unspecified atom stereocenters. The molecule has 1 aromatic rings. The molecule has 3 atom stereocenters. The van der Waals surface area contributed by atoms with E-state index >= 15 is 0 Å². The van der Waals surface area contributed by atoms with Crippen LogP contribution in [0.4, 0.5) is 10.3 Å². The molecule has 0 aliphatic heterocycles. The molecule has 5 heteroatoms. The molecule has 1 N–H and O–H groups in total. The lowest BCUT2D eigenvalue weighted by atomic mass is 9.75. The molecular weight excluding hydrogens is 257 g/mol. The Morgan fingerprint density at radius 2 is 2.15 bits per heavy atom. The van der Waals surface area contributed by atoms with Gasteiger partial charge in [-0.2, -0.15) is 9.37 Å². The fourth-order valence-electron chi connectivity index (χ4n) is 2.95. The Hall–Kier alpha value is -1.39. The minimum absolute atomic E-state index is 0.0351. The molecule has 20 heavy (non-hydrogen) atoms. The average molecular weight is 281 g/mol. The van der Waals surface area contributed by atoms with Crippen molar-refractivity contribution in [3.8, 4) is 5.88 Å². The summed E-state index contributed by atoms with van der Waals surface area (Å²) in [5.74, 6) is 1.55. The van der Waals surface area contributed by atoms with E-state index in [0.717, 1.165) is 19.0 Å². The first-order valence-corrected chi connectivity index (χ1v) is 7.38. The summed E-state index contributed by atoms with van der Waals surface area (Å²) in [7, 11) is 1.70. The van der Waals surface area contributed by atoms with Gasteiger partial charge in [-0.3, -0.25) is 0 Å². The van der Waals surface area contributed by atoms with E-state index in [1.165, 1.54) is 6.42 Å². The summed E-state index contributed by atoms with van der Waals surface area (Å²) in [6, 6.07) is 0. The summed E-state index contributed by atoms with van der Waals surface area (Å²) in [5, 5.41) is 2.81. The van der Waals surface area contributed by atoms with Gasteiger partial charge in [0.25, 0.3) is 5.88 Å². The summed E-state index contributed by atoms with van der Waals surface area (Å²) < 4.78 is 19.7.